The Balaban J connectivity index is 1.63. The lowest BCUT2D eigenvalue weighted by atomic mass is 10.2. The molecule has 1 unspecified atom stereocenters. The maximum absolute atomic E-state index is 5.48. The molecule has 2 rings (SSSR count). The van der Waals surface area contributed by atoms with Crippen LogP contribution in [-0.2, 0) is 11.3 Å². The number of H-pyrrole nitrogens is 1. The van der Waals surface area contributed by atoms with Gasteiger partial charge in [-0.05, 0) is 18.9 Å². The highest BCUT2D eigenvalue weighted by Gasteiger charge is 2.14. The minimum atomic E-state index is 0.419. The van der Waals surface area contributed by atoms with Gasteiger partial charge in [0, 0.05) is 31.6 Å². The molecule has 4 nitrogen and oxygen atoms in total. The van der Waals surface area contributed by atoms with Crippen molar-refractivity contribution in [1.29, 1.82) is 0 Å². The first-order valence-electron chi connectivity index (χ1n) is 4.76. The zero-order valence-electron chi connectivity index (χ0n) is 7.62. The van der Waals surface area contributed by atoms with E-state index in [1.54, 1.807) is 6.20 Å². The van der Waals surface area contributed by atoms with Crippen LogP contribution in [0.15, 0.2) is 12.3 Å². The molecule has 0 aromatic carbocycles. The molecule has 0 amide bonds. The lowest BCUT2D eigenvalue weighted by Gasteiger charge is -2.09. The predicted molar refractivity (Wildman–Crippen MR) is 49.3 cm³/mol. The van der Waals surface area contributed by atoms with Crippen LogP contribution in [0.25, 0.3) is 0 Å². The molecule has 1 aliphatic rings. The van der Waals surface area contributed by atoms with E-state index < -0.39 is 0 Å². The maximum atomic E-state index is 5.48. The van der Waals surface area contributed by atoms with Gasteiger partial charge in [0.25, 0.3) is 0 Å². The Kier molecular flexibility index (Phi) is 2.94. The number of aromatic nitrogens is 2. The summed E-state index contributed by atoms with van der Waals surface area (Å²) in [5.41, 5.74) is 1.12. The van der Waals surface area contributed by atoms with Crippen LogP contribution >= 0.6 is 0 Å². The fourth-order valence-electron chi connectivity index (χ4n) is 1.56. The van der Waals surface area contributed by atoms with Crippen molar-refractivity contribution in [3.63, 3.8) is 0 Å². The van der Waals surface area contributed by atoms with Crippen LogP contribution < -0.4 is 5.32 Å². The molecular weight excluding hydrogens is 166 g/mol. The van der Waals surface area contributed by atoms with E-state index >= 15 is 0 Å². The molecule has 4 heteroatoms. The quantitative estimate of drug-likeness (QED) is 0.718. The van der Waals surface area contributed by atoms with E-state index in [2.05, 4.69) is 15.5 Å². The number of ether oxygens (including phenoxy) is 1. The molecule has 2 heterocycles. The molecule has 0 saturated carbocycles. The molecule has 1 aromatic heterocycles. The van der Waals surface area contributed by atoms with Crippen molar-refractivity contribution in [2.24, 2.45) is 0 Å². The monoisotopic (exact) mass is 181 g/mol. The summed E-state index contributed by atoms with van der Waals surface area (Å²) in [5, 5.41) is 10.1. The summed E-state index contributed by atoms with van der Waals surface area (Å²) in [6, 6.07) is 1.97. The largest absolute Gasteiger partial charge is 0.377 e. The topological polar surface area (TPSA) is 49.9 Å². The van der Waals surface area contributed by atoms with Gasteiger partial charge in [-0.25, -0.2) is 0 Å². The van der Waals surface area contributed by atoms with Crippen molar-refractivity contribution < 1.29 is 4.74 Å². The van der Waals surface area contributed by atoms with Crippen molar-refractivity contribution in [3.8, 4) is 0 Å². The van der Waals surface area contributed by atoms with E-state index in [1.165, 1.54) is 12.8 Å². The zero-order valence-corrected chi connectivity index (χ0v) is 7.62. The minimum absolute atomic E-state index is 0.419. The number of nitrogens with one attached hydrogen (secondary N) is 2. The Morgan fingerprint density at radius 1 is 1.69 bits per heavy atom. The predicted octanol–water partition coefficient (Wildman–Crippen LogP) is 0.678. The third kappa shape index (κ3) is 2.54. The van der Waals surface area contributed by atoms with Crippen LogP contribution in [0, 0.1) is 0 Å². The van der Waals surface area contributed by atoms with Gasteiger partial charge in [0.1, 0.15) is 0 Å². The summed E-state index contributed by atoms with van der Waals surface area (Å²) < 4.78 is 5.48. The number of rotatable bonds is 4. The van der Waals surface area contributed by atoms with Gasteiger partial charge in [0.2, 0.25) is 0 Å². The molecule has 0 radical (unpaired) electrons. The third-order valence-electron chi connectivity index (χ3n) is 2.27. The van der Waals surface area contributed by atoms with Crippen molar-refractivity contribution in [2.45, 2.75) is 25.5 Å². The highest BCUT2D eigenvalue weighted by molar-refractivity contribution is 4.96. The molecule has 1 saturated heterocycles. The van der Waals surface area contributed by atoms with E-state index in [9.17, 15) is 0 Å². The van der Waals surface area contributed by atoms with Gasteiger partial charge in [-0.15, -0.1) is 0 Å². The molecule has 1 fully saturated rings. The van der Waals surface area contributed by atoms with Gasteiger partial charge in [-0.3, -0.25) is 5.10 Å². The summed E-state index contributed by atoms with van der Waals surface area (Å²) >= 11 is 0. The van der Waals surface area contributed by atoms with Crippen molar-refractivity contribution in [2.75, 3.05) is 13.2 Å². The van der Waals surface area contributed by atoms with Gasteiger partial charge >= 0.3 is 0 Å². The normalized spacial score (nSPS) is 22.3. The fourth-order valence-corrected chi connectivity index (χ4v) is 1.56. The van der Waals surface area contributed by atoms with Gasteiger partial charge < -0.3 is 10.1 Å². The van der Waals surface area contributed by atoms with E-state index in [0.717, 1.165) is 25.4 Å². The van der Waals surface area contributed by atoms with Crippen LogP contribution in [0.4, 0.5) is 0 Å². The first-order valence-corrected chi connectivity index (χ1v) is 4.76. The molecule has 0 bridgehead atoms. The molecule has 1 atom stereocenters. The number of hydrogen-bond donors (Lipinski definition) is 2. The summed E-state index contributed by atoms with van der Waals surface area (Å²) in [7, 11) is 0. The smallest absolute Gasteiger partial charge is 0.0700 e. The van der Waals surface area contributed by atoms with Crippen molar-refractivity contribution >= 4 is 0 Å². The van der Waals surface area contributed by atoms with E-state index in [-0.39, 0.29) is 0 Å². The SMILES string of the molecule is c1cc(CNCC2CCCO2)[nH]n1. The molecule has 1 aromatic rings. The minimum Gasteiger partial charge on any atom is -0.377 e. The van der Waals surface area contributed by atoms with E-state index in [0.29, 0.717) is 6.10 Å². The van der Waals surface area contributed by atoms with Gasteiger partial charge in [-0.2, -0.15) is 5.10 Å². The van der Waals surface area contributed by atoms with Crippen molar-refractivity contribution in [1.82, 2.24) is 15.5 Å². The van der Waals surface area contributed by atoms with Gasteiger partial charge in [0.15, 0.2) is 0 Å². The molecule has 72 valence electrons. The first kappa shape index (κ1) is 8.72. The molecular formula is C9H15N3O. The number of hydrogen-bond acceptors (Lipinski definition) is 3. The first-order chi connectivity index (χ1) is 6.45. The highest BCUT2D eigenvalue weighted by Crippen LogP contribution is 2.10. The molecule has 1 aliphatic heterocycles. The summed E-state index contributed by atoms with van der Waals surface area (Å²) in [4.78, 5) is 0. The second kappa shape index (κ2) is 4.39. The molecule has 2 N–H and O–H groups in total. The Hall–Kier alpha value is -0.870. The van der Waals surface area contributed by atoms with Crippen LogP contribution in [0.5, 0.6) is 0 Å². The summed E-state index contributed by atoms with van der Waals surface area (Å²) in [5.74, 6) is 0. The second-order valence-electron chi connectivity index (χ2n) is 3.35. The average molecular weight is 181 g/mol. The lowest BCUT2D eigenvalue weighted by molar-refractivity contribution is 0.110. The molecule has 0 aliphatic carbocycles. The number of aromatic amines is 1. The number of nitrogens with zero attached hydrogens (tertiary/aromatic N) is 1. The second-order valence-corrected chi connectivity index (χ2v) is 3.35. The Morgan fingerprint density at radius 2 is 2.69 bits per heavy atom. The van der Waals surface area contributed by atoms with Crippen LogP contribution in [0.3, 0.4) is 0 Å². The van der Waals surface area contributed by atoms with Gasteiger partial charge in [-0.1, -0.05) is 0 Å². The maximum Gasteiger partial charge on any atom is 0.0700 e. The third-order valence-corrected chi connectivity index (χ3v) is 2.27. The van der Waals surface area contributed by atoms with Crippen LogP contribution in [-0.4, -0.2) is 29.5 Å². The fraction of sp³-hybridized carbons (Fsp3) is 0.667. The Morgan fingerprint density at radius 3 is 3.38 bits per heavy atom. The highest BCUT2D eigenvalue weighted by atomic mass is 16.5. The van der Waals surface area contributed by atoms with Gasteiger partial charge in [0.05, 0.1) is 6.10 Å². The van der Waals surface area contributed by atoms with Crippen LogP contribution in [0.1, 0.15) is 18.5 Å². The average Bonchev–Trinajstić information content (AvgIpc) is 2.75. The zero-order chi connectivity index (χ0) is 8.93. The van der Waals surface area contributed by atoms with Crippen LogP contribution in [0.2, 0.25) is 0 Å². The molecule has 13 heavy (non-hydrogen) atoms. The van der Waals surface area contributed by atoms with E-state index in [1.807, 2.05) is 6.07 Å². The Bertz CT molecular complexity index is 229. The summed E-state index contributed by atoms with van der Waals surface area (Å²) in [6.45, 7) is 2.72. The Labute approximate surface area is 77.7 Å². The van der Waals surface area contributed by atoms with Crippen molar-refractivity contribution in [3.05, 3.63) is 18.0 Å². The summed E-state index contributed by atoms with van der Waals surface area (Å²) in [6.07, 6.45) is 4.58. The van der Waals surface area contributed by atoms with E-state index in [4.69, 9.17) is 4.74 Å². The molecule has 0 spiro atoms. The lowest BCUT2D eigenvalue weighted by Crippen LogP contribution is -2.25. The standard InChI is InChI=1S/C9H15N3O/c1-2-9(13-5-1)7-10-6-8-3-4-11-12-8/h3-4,9-10H,1-2,5-7H2,(H,11,12).